The molecule has 11 nitrogen and oxygen atoms in total. The highest BCUT2D eigenvalue weighted by Crippen LogP contribution is 2.25. The number of aryl methyl sites for hydroxylation is 1. The smallest absolute Gasteiger partial charge is 0.347 e. The Labute approximate surface area is 325 Å². The molecule has 5 rings (SSSR count). The van der Waals surface area contributed by atoms with Crippen molar-refractivity contribution in [1.29, 1.82) is 0 Å². The predicted molar refractivity (Wildman–Crippen MR) is 218 cm³/mol. The van der Waals surface area contributed by atoms with Crippen LogP contribution in [-0.4, -0.2) is 68.9 Å². The molecule has 55 heavy (non-hydrogen) atoms. The van der Waals surface area contributed by atoms with E-state index in [2.05, 4.69) is 76.5 Å². The Bertz CT molecular complexity index is 1770. The van der Waals surface area contributed by atoms with Crippen molar-refractivity contribution in [2.24, 2.45) is 17.8 Å². The Morgan fingerprint density at radius 3 is 2.00 bits per heavy atom. The molecule has 1 aliphatic rings. The molecule has 1 saturated heterocycles. The van der Waals surface area contributed by atoms with E-state index in [1.165, 1.54) is 36.6 Å². The zero-order chi connectivity index (χ0) is 40.2. The molecule has 13 heteroatoms. The summed E-state index contributed by atoms with van der Waals surface area (Å²) in [4.78, 5) is 20.5. The molecule has 0 saturated carbocycles. The van der Waals surface area contributed by atoms with Crippen LogP contribution in [0.1, 0.15) is 67.7 Å². The predicted octanol–water partition coefficient (Wildman–Crippen LogP) is 8.93. The number of hydrogen-bond donors (Lipinski definition) is 1. The molecule has 1 unspecified atom stereocenters. The summed E-state index contributed by atoms with van der Waals surface area (Å²) >= 11 is 0. The first-order chi connectivity index (χ1) is 26.6. The van der Waals surface area contributed by atoms with Crippen molar-refractivity contribution in [3.8, 4) is 11.4 Å². The summed E-state index contributed by atoms with van der Waals surface area (Å²) in [6, 6.07) is 15.9. The number of allylic oxidation sites excluding steroid dienone is 4. The van der Waals surface area contributed by atoms with Gasteiger partial charge in [0.05, 0.1) is 24.7 Å². The summed E-state index contributed by atoms with van der Waals surface area (Å²) in [5.41, 5.74) is 2.72. The fraction of sp³-hybridized carbons (Fsp3) is 0.476. The van der Waals surface area contributed by atoms with Gasteiger partial charge in [0, 0.05) is 56.1 Å². The lowest BCUT2D eigenvalue weighted by Crippen LogP contribution is -2.46. The van der Waals surface area contributed by atoms with Crippen molar-refractivity contribution in [1.82, 2.24) is 29.5 Å². The molecule has 3 heterocycles. The third-order valence-corrected chi connectivity index (χ3v) is 9.48. The van der Waals surface area contributed by atoms with Crippen molar-refractivity contribution in [3.63, 3.8) is 0 Å². The van der Waals surface area contributed by atoms with E-state index in [4.69, 9.17) is 9.47 Å². The highest BCUT2D eigenvalue weighted by Gasteiger charge is 2.19. The molecular weight excluding hydrogens is 703 g/mol. The van der Waals surface area contributed by atoms with Gasteiger partial charge in [-0.25, -0.2) is 28.2 Å². The summed E-state index contributed by atoms with van der Waals surface area (Å²) in [5.74, 6) is 0.854. The van der Waals surface area contributed by atoms with Crippen LogP contribution in [0.25, 0.3) is 5.69 Å². The van der Waals surface area contributed by atoms with Gasteiger partial charge in [0.1, 0.15) is 24.7 Å². The Morgan fingerprint density at radius 1 is 0.927 bits per heavy atom. The molecule has 2 aromatic heterocycles. The maximum atomic E-state index is 14.3. The average Bonchev–Trinajstić information content (AvgIpc) is 3.89. The molecular formula is C42H60F2N8O3. The van der Waals surface area contributed by atoms with Gasteiger partial charge in [0.2, 0.25) is 0 Å². The van der Waals surface area contributed by atoms with Crippen LogP contribution in [0.2, 0.25) is 0 Å². The minimum absolute atomic E-state index is 0.0656. The van der Waals surface area contributed by atoms with E-state index in [-0.39, 0.29) is 24.0 Å². The SMILES string of the molecule is C=C/C(OC[C@H](CCCn1cncn1)COc1ccc(N2CCN(c3ccc(-n4cn[nH]c4=O)cc3)CC2)cc1)=C(F)\C=C(/C)F.CC.CCC(C)C(C)C. The number of halogens is 2. The number of aromatic nitrogens is 6. The zero-order valence-electron chi connectivity index (χ0n) is 33.6. The van der Waals surface area contributed by atoms with Gasteiger partial charge in [0.25, 0.3) is 0 Å². The first-order valence-electron chi connectivity index (χ1n) is 19.3. The lowest BCUT2D eigenvalue weighted by Gasteiger charge is -2.37. The zero-order valence-corrected chi connectivity index (χ0v) is 33.6. The molecule has 1 N–H and O–H groups in total. The number of anilines is 2. The first kappa shape index (κ1) is 44.2. The molecule has 2 aromatic carbocycles. The second kappa shape index (κ2) is 23.6. The van der Waals surface area contributed by atoms with E-state index in [0.717, 1.165) is 79.7 Å². The Kier molecular flexibility index (Phi) is 18.9. The van der Waals surface area contributed by atoms with Crippen molar-refractivity contribution in [2.75, 3.05) is 49.2 Å². The van der Waals surface area contributed by atoms with Gasteiger partial charge in [0.15, 0.2) is 11.6 Å². The molecule has 2 atom stereocenters. The minimum Gasteiger partial charge on any atom is -0.493 e. The van der Waals surface area contributed by atoms with Gasteiger partial charge in [-0.15, -0.1) is 0 Å². The molecule has 1 fully saturated rings. The summed E-state index contributed by atoms with van der Waals surface area (Å²) in [6.07, 6.45) is 9.48. The lowest BCUT2D eigenvalue weighted by molar-refractivity contribution is 0.122. The average molecular weight is 763 g/mol. The van der Waals surface area contributed by atoms with E-state index in [1.54, 1.807) is 11.0 Å². The molecule has 300 valence electrons. The van der Waals surface area contributed by atoms with Gasteiger partial charge in [-0.05, 0) is 86.2 Å². The normalized spacial score (nSPS) is 14.5. The minimum atomic E-state index is -0.810. The van der Waals surface area contributed by atoms with Crippen LogP contribution in [0.3, 0.4) is 0 Å². The molecule has 0 radical (unpaired) electrons. The summed E-state index contributed by atoms with van der Waals surface area (Å²) < 4.78 is 42.6. The second-order valence-corrected chi connectivity index (χ2v) is 13.6. The van der Waals surface area contributed by atoms with E-state index in [9.17, 15) is 13.6 Å². The third kappa shape index (κ3) is 14.5. The van der Waals surface area contributed by atoms with E-state index >= 15 is 0 Å². The quantitative estimate of drug-likeness (QED) is 0.0840. The maximum Gasteiger partial charge on any atom is 0.347 e. The number of piperazine rings is 1. The largest absolute Gasteiger partial charge is 0.493 e. The second-order valence-electron chi connectivity index (χ2n) is 13.6. The topological polar surface area (TPSA) is 106 Å². The highest BCUT2D eigenvalue weighted by molar-refractivity contribution is 5.54. The Balaban J connectivity index is 0.000000812. The molecule has 4 aromatic rings. The van der Waals surface area contributed by atoms with Crippen molar-refractivity contribution >= 4 is 11.4 Å². The van der Waals surface area contributed by atoms with Gasteiger partial charge in [-0.3, -0.25) is 4.68 Å². The van der Waals surface area contributed by atoms with Gasteiger partial charge < -0.3 is 19.3 Å². The monoisotopic (exact) mass is 762 g/mol. The summed E-state index contributed by atoms with van der Waals surface area (Å²) in [5, 5.41) is 10.3. The van der Waals surface area contributed by atoms with Crippen LogP contribution < -0.4 is 20.2 Å². The third-order valence-electron chi connectivity index (χ3n) is 9.48. The number of aromatic amines is 1. The Morgan fingerprint density at radius 2 is 1.53 bits per heavy atom. The van der Waals surface area contributed by atoms with Gasteiger partial charge in [-0.1, -0.05) is 54.5 Å². The van der Waals surface area contributed by atoms with Crippen LogP contribution in [0.5, 0.6) is 5.75 Å². The number of hydrogen-bond acceptors (Lipinski definition) is 8. The molecule has 0 spiro atoms. The van der Waals surface area contributed by atoms with Crippen molar-refractivity contribution < 1.29 is 18.3 Å². The molecule has 0 bridgehead atoms. The van der Waals surface area contributed by atoms with E-state index < -0.39 is 11.7 Å². The van der Waals surface area contributed by atoms with Crippen LogP contribution in [0.4, 0.5) is 20.2 Å². The molecule has 0 amide bonds. The lowest BCUT2D eigenvalue weighted by atomic mass is 9.96. The fourth-order valence-electron chi connectivity index (χ4n) is 5.70. The fourth-order valence-corrected chi connectivity index (χ4v) is 5.70. The summed E-state index contributed by atoms with van der Waals surface area (Å²) in [7, 11) is 0. The van der Waals surface area contributed by atoms with Crippen molar-refractivity contribution in [3.05, 3.63) is 114 Å². The number of nitrogens with zero attached hydrogens (tertiary/aromatic N) is 7. The number of benzene rings is 2. The van der Waals surface area contributed by atoms with E-state index in [0.29, 0.717) is 13.2 Å². The molecule has 1 aliphatic heterocycles. The highest BCUT2D eigenvalue weighted by atomic mass is 19.1. The van der Waals surface area contributed by atoms with Gasteiger partial charge in [-0.2, -0.15) is 10.2 Å². The number of ether oxygens (including phenoxy) is 2. The van der Waals surface area contributed by atoms with Crippen LogP contribution in [-0.2, 0) is 11.3 Å². The van der Waals surface area contributed by atoms with E-state index in [1.807, 2.05) is 50.2 Å². The van der Waals surface area contributed by atoms with Crippen LogP contribution in [0, 0.1) is 17.8 Å². The van der Waals surface area contributed by atoms with Crippen LogP contribution >= 0.6 is 0 Å². The molecule has 0 aliphatic carbocycles. The summed E-state index contributed by atoms with van der Waals surface area (Å²) in [6.45, 7) is 22.5. The first-order valence-corrected chi connectivity index (χ1v) is 19.3. The Hall–Kier alpha value is -5.20. The van der Waals surface area contributed by atoms with Crippen molar-refractivity contribution in [2.45, 2.75) is 74.3 Å². The standard InChI is InChI=1S/C33H38F2N8O3.C7H16.C2H6/c1-3-32(31(35)19-25(2)34)46-21-26(5-4-14-42-23-36-22-38-42)20-45-30-12-10-28(11-13-30)41-17-15-40(16-18-41)27-6-8-29(9-7-27)43-24-37-39-33(43)44;1-5-7(4)6(2)3;1-2/h3,6-13,19,22-24,26H,1,4-5,14-18,20-21H2,2H3,(H,39,44);6-7H,5H2,1-4H3;1-2H3/b25-19+,32-31-;;/t26-;;/m1../s1. The number of rotatable bonds is 17. The number of H-pyrrole nitrogens is 1. The van der Waals surface area contributed by atoms with Crippen LogP contribution in [0.15, 0.2) is 108 Å². The maximum absolute atomic E-state index is 14.3. The number of nitrogens with one attached hydrogen (secondary N) is 1. The van der Waals surface area contributed by atoms with Gasteiger partial charge >= 0.3 is 5.69 Å².